The molecule has 1 fully saturated rings. The summed E-state index contributed by atoms with van der Waals surface area (Å²) in [5, 5.41) is 5.87. The molecule has 1 amide bonds. The van der Waals surface area contributed by atoms with Crippen LogP contribution in [0.2, 0.25) is 0 Å². The smallest absolute Gasteiger partial charge is 0.222 e. The maximum Gasteiger partial charge on any atom is 0.222 e. The molecule has 3 heterocycles. The monoisotopic (exact) mass is 510 g/mol. The average molecular weight is 511 g/mol. The van der Waals surface area contributed by atoms with Crippen LogP contribution >= 0.6 is 0 Å². The maximum atomic E-state index is 12.8. The Labute approximate surface area is 225 Å². The maximum absolute atomic E-state index is 12.8. The molecule has 5 rings (SSSR count). The SMILES string of the molecule is CCCCCCCC(=O)N1CCN(c2nc(Cc3ccccc3)nc3c2c(C)nn3-c2ccccc2)CC1. The van der Waals surface area contributed by atoms with Gasteiger partial charge in [0.15, 0.2) is 5.65 Å². The zero-order valence-electron chi connectivity index (χ0n) is 22.6. The number of anilines is 1. The molecule has 198 valence electrons. The molecule has 1 saturated heterocycles. The van der Waals surface area contributed by atoms with Crippen LogP contribution in [0.5, 0.6) is 0 Å². The van der Waals surface area contributed by atoms with E-state index in [-0.39, 0.29) is 5.91 Å². The molecule has 1 aliphatic rings. The third-order valence-corrected chi connectivity index (χ3v) is 7.36. The average Bonchev–Trinajstić information content (AvgIpc) is 3.29. The number of para-hydroxylation sites is 1. The molecule has 1 aliphatic heterocycles. The summed E-state index contributed by atoms with van der Waals surface area (Å²) in [5.74, 6) is 1.99. The summed E-state index contributed by atoms with van der Waals surface area (Å²) in [6.07, 6.45) is 7.16. The fourth-order valence-corrected chi connectivity index (χ4v) is 5.25. The van der Waals surface area contributed by atoms with Gasteiger partial charge < -0.3 is 9.80 Å². The lowest BCUT2D eigenvalue weighted by Gasteiger charge is -2.36. The summed E-state index contributed by atoms with van der Waals surface area (Å²) in [4.78, 5) is 27.3. The van der Waals surface area contributed by atoms with E-state index in [1.807, 2.05) is 52.9 Å². The second-order valence-corrected chi connectivity index (χ2v) is 10.2. The van der Waals surface area contributed by atoms with Crippen molar-refractivity contribution in [1.82, 2.24) is 24.6 Å². The number of nitrogens with zero attached hydrogens (tertiary/aromatic N) is 6. The molecule has 0 N–H and O–H groups in total. The van der Waals surface area contributed by atoms with Crippen molar-refractivity contribution < 1.29 is 4.79 Å². The normalized spacial score (nSPS) is 13.8. The number of hydrogen-bond acceptors (Lipinski definition) is 5. The number of fused-ring (bicyclic) bond motifs is 1. The van der Waals surface area contributed by atoms with Crippen LogP contribution in [0.1, 0.15) is 62.5 Å². The Balaban J connectivity index is 1.40. The quantitative estimate of drug-likeness (QED) is 0.255. The van der Waals surface area contributed by atoms with Crippen LogP contribution < -0.4 is 4.90 Å². The Morgan fingerprint density at radius 3 is 2.24 bits per heavy atom. The van der Waals surface area contributed by atoms with Crippen LogP contribution in [0.25, 0.3) is 16.7 Å². The summed E-state index contributed by atoms with van der Waals surface area (Å²) >= 11 is 0. The fourth-order valence-electron chi connectivity index (χ4n) is 5.25. The number of rotatable bonds is 10. The molecule has 7 heteroatoms. The van der Waals surface area contributed by atoms with E-state index in [2.05, 4.69) is 36.1 Å². The van der Waals surface area contributed by atoms with Gasteiger partial charge in [0.05, 0.1) is 16.8 Å². The van der Waals surface area contributed by atoms with Crippen LogP contribution in [-0.4, -0.2) is 56.7 Å². The first-order chi connectivity index (χ1) is 18.6. The van der Waals surface area contributed by atoms with E-state index in [9.17, 15) is 4.79 Å². The molecule has 4 aromatic rings. The van der Waals surface area contributed by atoms with Crippen LogP contribution in [0.15, 0.2) is 60.7 Å². The van der Waals surface area contributed by atoms with Crippen LogP contribution in [0.3, 0.4) is 0 Å². The van der Waals surface area contributed by atoms with Crippen LogP contribution in [0, 0.1) is 6.92 Å². The first-order valence-corrected chi connectivity index (χ1v) is 14.0. The number of piperazine rings is 1. The zero-order valence-corrected chi connectivity index (χ0v) is 22.6. The van der Waals surface area contributed by atoms with Crippen molar-refractivity contribution in [2.24, 2.45) is 0 Å². The lowest BCUT2D eigenvalue weighted by atomic mass is 10.1. The van der Waals surface area contributed by atoms with Gasteiger partial charge >= 0.3 is 0 Å². The molecular formula is C31H38N6O. The van der Waals surface area contributed by atoms with Gasteiger partial charge in [-0.1, -0.05) is 81.1 Å². The minimum absolute atomic E-state index is 0.284. The number of amides is 1. The molecule has 2 aromatic carbocycles. The van der Waals surface area contributed by atoms with Gasteiger partial charge in [-0.15, -0.1) is 0 Å². The van der Waals surface area contributed by atoms with Gasteiger partial charge in [-0.25, -0.2) is 14.6 Å². The van der Waals surface area contributed by atoms with Crippen molar-refractivity contribution in [1.29, 1.82) is 0 Å². The van der Waals surface area contributed by atoms with E-state index in [1.165, 1.54) is 24.8 Å². The Morgan fingerprint density at radius 2 is 1.53 bits per heavy atom. The van der Waals surface area contributed by atoms with Crippen molar-refractivity contribution in [3.63, 3.8) is 0 Å². The van der Waals surface area contributed by atoms with E-state index in [4.69, 9.17) is 15.1 Å². The Morgan fingerprint density at radius 1 is 0.842 bits per heavy atom. The molecule has 0 atom stereocenters. The van der Waals surface area contributed by atoms with E-state index in [1.54, 1.807) is 0 Å². The first kappa shape index (κ1) is 25.9. The second-order valence-electron chi connectivity index (χ2n) is 10.2. The lowest BCUT2D eigenvalue weighted by Crippen LogP contribution is -2.49. The summed E-state index contributed by atoms with van der Waals surface area (Å²) in [5.41, 5.74) is 3.90. The van der Waals surface area contributed by atoms with Gasteiger partial charge in [0.1, 0.15) is 11.6 Å². The molecule has 0 bridgehead atoms. The highest BCUT2D eigenvalue weighted by atomic mass is 16.2. The highest BCUT2D eigenvalue weighted by Crippen LogP contribution is 2.30. The van der Waals surface area contributed by atoms with Gasteiger partial charge in [-0.3, -0.25) is 4.79 Å². The number of aryl methyl sites for hydroxylation is 1. The number of unbranched alkanes of at least 4 members (excludes halogenated alkanes) is 4. The number of carbonyl (C=O) groups is 1. The van der Waals surface area contributed by atoms with Crippen molar-refractivity contribution in [3.8, 4) is 5.69 Å². The first-order valence-electron chi connectivity index (χ1n) is 14.0. The van der Waals surface area contributed by atoms with Gasteiger partial charge in [0.2, 0.25) is 5.91 Å². The number of aromatic nitrogens is 4. The molecule has 0 radical (unpaired) electrons. The van der Waals surface area contributed by atoms with Gasteiger partial charge in [0.25, 0.3) is 0 Å². The van der Waals surface area contributed by atoms with Gasteiger partial charge in [-0.2, -0.15) is 5.10 Å². The number of carbonyl (C=O) groups excluding carboxylic acids is 1. The van der Waals surface area contributed by atoms with E-state index in [0.29, 0.717) is 12.8 Å². The van der Waals surface area contributed by atoms with Crippen molar-refractivity contribution in [2.45, 2.75) is 58.8 Å². The highest BCUT2D eigenvalue weighted by Gasteiger charge is 2.26. The molecule has 0 saturated carbocycles. The Bertz CT molecular complexity index is 1340. The third kappa shape index (κ3) is 5.87. The summed E-state index contributed by atoms with van der Waals surface area (Å²) < 4.78 is 1.93. The minimum Gasteiger partial charge on any atom is -0.352 e. The molecule has 0 aliphatic carbocycles. The minimum atomic E-state index is 0.284. The molecule has 38 heavy (non-hydrogen) atoms. The summed E-state index contributed by atoms with van der Waals surface area (Å²) in [7, 11) is 0. The predicted molar refractivity (Wildman–Crippen MR) is 153 cm³/mol. The Kier molecular flexibility index (Phi) is 8.31. The third-order valence-electron chi connectivity index (χ3n) is 7.36. The van der Waals surface area contributed by atoms with E-state index >= 15 is 0 Å². The summed E-state index contributed by atoms with van der Waals surface area (Å²) in [6.45, 7) is 7.21. The molecule has 7 nitrogen and oxygen atoms in total. The lowest BCUT2D eigenvalue weighted by molar-refractivity contribution is -0.131. The van der Waals surface area contributed by atoms with Gasteiger partial charge in [0, 0.05) is 39.0 Å². The molecule has 2 aromatic heterocycles. The second kappa shape index (κ2) is 12.2. The fraction of sp³-hybridized carbons (Fsp3) is 0.419. The van der Waals surface area contributed by atoms with Crippen molar-refractivity contribution >= 4 is 22.8 Å². The van der Waals surface area contributed by atoms with Gasteiger partial charge in [-0.05, 0) is 31.0 Å². The van der Waals surface area contributed by atoms with Crippen LogP contribution in [-0.2, 0) is 11.2 Å². The van der Waals surface area contributed by atoms with Crippen molar-refractivity contribution in [3.05, 3.63) is 77.7 Å². The summed E-state index contributed by atoms with van der Waals surface area (Å²) in [6, 6.07) is 20.5. The molecule has 0 spiro atoms. The van der Waals surface area contributed by atoms with E-state index in [0.717, 1.165) is 73.1 Å². The largest absolute Gasteiger partial charge is 0.352 e. The topological polar surface area (TPSA) is 67.2 Å². The highest BCUT2D eigenvalue weighted by molar-refractivity contribution is 5.91. The number of hydrogen-bond donors (Lipinski definition) is 0. The Hall–Kier alpha value is -3.74. The standard InChI is InChI=1S/C31H38N6O/c1-3-4-5-6-13-18-28(38)35-19-21-36(22-20-35)30-29-24(2)34-37(26-16-11-8-12-17-26)31(29)33-27(32-30)23-25-14-9-7-10-15-25/h7-12,14-17H,3-6,13,18-23H2,1-2H3. The number of benzene rings is 2. The molecule has 0 unspecified atom stereocenters. The molecular weight excluding hydrogens is 472 g/mol. The zero-order chi connectivity index (χ0) is 26.3. The van der Waals surface area contributed by atoms with Crippen molar-refractivity contribution in [2.75, 3.05) is 31.1 Å². The van der Waals surface area contributed by atoms with Crippen LogP contribution in [0.4, 0.5) is 5.82 Å². The predicted octanol–water partition coefficient (Wildman–Crippen LogP) is 5.72. The van der Waals surface area contributed by atoms with E-state index < -0.39 is 0 Å².